The van der Waals surface area contributed by atoms with Crippen LogP contribution in [-0.2, 0) is 14.9 Å². The smallest absolute Gasteiger partial charge is 0.317 e. The summed E-state index contributed by atoms with van der Waals surface area (Å²) in [7, 11) is 3.55. The molecule has 100 valence electrons. The number of carbonyl (C=O) groups excluding carboxylic acids is 1. The molecular weight excluding hydrogens is 248 g/mol. The van der Waals surface area contributed by atoms with Gasteiger partial charge in [0, 0.05) is 17.8 Å². The average molecular weight is 268 g/mol. The summed E-state index contributed by atoms with van der Waals surface area (Å²) >= 11 is 1.66. The first-order chi connectivity index (χ1) is 8.45. The molecule has 0 spiro atoms. The fourth-order valence-electron chi connectivity index (χ4n) is 2.26. The minimum Gasteiger partial charge on any atom is -0.468 e. The maximum atomic E-state index is 11.8. The topological polar surface area (TPSA) is 42.4 Å². The SMILES string of the molecule is COC(=O)C(C)(C)c1csc(C2CCN(C)C2)n1. The molecule has 1 unspecified atom stereocenters. The third-order valence-electron chi connectivity index (χ3n) is 3.60. The van der Waals surface area contributed by atoms with Gasteiger partial charge in [0.2, 0.25) is 0 Å². The van der Waals surface area contributed by atoms with Crippen LogP contribution in [0.1, 0.15) is 36.9 Å². The number of carbonyl (C=O) groups is 1. The predicted octanol–water partition coefficient (Wildman–Crippen LogP) is 2.01. The van der Waals surface area contributed by atoms with Crippen molar-refractivity contribution in [1.29, 1.82) is 0 Å². The van der Waals surface area contributed by atoms with Crippen LogP contribution in [0.15, 0.2) is 5.38 Å². The van der Waals surface area contributed by atoms with Gasteiger partial charge in [0.15, 0.2) is 0 Å². The highest BCUT2D eigenvalue weighted by Crippen LogP contribution is 2.32. The van der Waals surface area contributed by atoms with E-state index in [0.29, 0.717) is 5.92 Å². The van der Waals surface area contributed by atoms with Crippen LogP contribution < -0.4 is 0 Å². The zero-order valence-electron chi connectivity index (χ0n) is 11.4. The van der Waals surface area contributed by atoms with E-state index < -0.39 is 5.41 Å². The van der Waals surface area contributed by atoms with Gasteiger partial charge >= 0.3 is 5.97 Å². The van der Waals surface area contributed by atoms with Gasteiger partial charge in [-0.25, -0.2) is 4.98 Å². The quantitative estimate of drug-likeness (QED) is 0.787. The lowest BCUT2D eigenvalue weighted by Crippen LogP contribution is -2.30. The molecule has 5 heteroatoms. The molecule has 1 aliphatic heterocycles. The molecule has 1 aliphatic rings. The number of nitrogens with zero attached hydrogens (tertiary/aromatic N) is 2. The largest absolute Gasteiger partial charge is 0.468 e. The van der Waals surface area contributed by atoms with Gasteiger partial charge in [-0.15, -0.1) is 11.3 Å². The molecule has 2 rings (SSSR count). The monoisotopic (exact) mass is 268 g/mol. The summed E-state index contributed by atoms with van der Waals surface area (Å²) in [6, 6.07) is 0. The fourth-order valence-corrected chi connectivity index (χ4v) is 3.37. The first kappa shape index (κ1) is 13.5. The second-order valence-electron chi connectivity index (χ2n) is 5.44. The number of likely N-dealkylation sites (tertiary alicyclic amines) is 1. The Kier molecular flexibility index (Phi) is 3.73. The van der Waals surface area contributed by atoms with Crippen LogP contribution in [0.2, 0.25) is 0 Å². The van der Waals surface area contributed by atoms with Gasteiger partial charge in [-0.1, -0.05) is 0 Å². The zero-order valence-corrected chi connectivity index (χ0v) is 12.2. The number of thiazole rings is 1. The van der Waals surface area contributed by atoms with E-state index >= 15 is 0 Å². The van der Waals surface area contributed by atoms with Gasteiger partial charge in [0.25, 0.3) is 0 Å². The number of hydrogen-bond acceptors (Lipinski definition) is 5. The second kappa shape index (κ2) is 4.97. The van der Waals surface area contributed by atoms with Crippen LogP contribution in [0.4, 0.5) is 0 Å². The van der Waals surface area contributed by atoms with Crippen LogP contribution >= 0.6 is 11.3 Å². The molecule has 4 nitrogen and oxygen atoms in total. The summed E-state index contributed by atoms with van der Waals surface area (Å²) in [6.45, 7) is 5.91. The minimum atomic E-state index is -0.659. The Morgan fingerprint density at radius 2 is 2.33 bits per heavy atom. The number of aromatic nitrogens is 1. The first-order valence-electron chi connectivity index (χ1n) is 6.18. The van der Waals surface area contributed by atoms with Crippen LogP contribution in [0, 0.1) is 0 Å². The van der Waals surface area contributed by atoms with Crippen molar-refractivity contribution >= 4 is 17.3 Å². The summed E-state index contributed by atoms with van der Waals surface area (Å²) in [5.41, 5.74) is 0.164. The molecule has 0 aliphatic carbocycles. The number of hydrogen-bond donors (Lipinski definition) is 0. The van der Waals surface area contributed by atoms with Gasteiger partial charge in [-0.2, -0.15) is 0 Å². The lowest BCUT2D eigenvalue weighted by atomic mass is 9.90. The number of rotatable bonds is 3. The van der Waals surface area contributed by atoms with Crippen LogP contribution in [0.5, 0.6) is 0 Å². The molecule has 0 radical (unpaired) electrons. The lowest BCUT2D eigenvalue weighted by molar-refractivity contribution is -0.146. The van der Waals surface area contributed by atoms with Crippen LogP contribution in [-0.4, -0.2) is 43.1 Å². The first-order valence-corrected chi connectivity index (χ1v) is 7.06. The molecular formula is C13H20N2O2S. The Labute approximate surface area is 112 Å². The molecule has 1 saturated heterocycles. The number of esters is 1. The predicted molar refractivity (Wildman–Crippen MR) is 72.0 cm³/mol. The molecule has 0 N–H and O–H groups in total. The van der Waals surface area contributed by atoms with Crippen molar-refractivity contribution in [3.8, 4) is 0 Å². The maximum absolute atomic E-state index is 11.8. The summed E-state index contributed by atoms with van der Waals surface area (Å²) in [4.78, 5) is 18.7. The molecule has 2 heterocycles. The maximum Gasteiger partial charge on any atom is 0.317 e. The minimum absolute atomic E-state index is 0.233. The van der Waals surface area contributed by atoms with Crippen molar-refractivity contribution in [2.45, 2.75) is 31.6 Å². The highest BCUT2D eigenvalue weighted by atomic mass is 32.1. The lowest BCUT2D eigenvalue weighted by Gasteiger charge is -2.18. The average Bonchev–Trinajstić information content (AvgIpc) is 2.95. The van der Waals surface area contributed by atoms with E-state index in [2.05, 4.69) is 16.9 Å². The summed E-state index contributed by atoms with van der Waals surface area (Å²) in [5.74, 6) is 0.282. The van der Waals surface area contributed by atoms with Gasteiger partial charge in [0.05, 0.1) is 17.8 Å². The van der Waals surface area contributed by atoms with E-state index in [1.807, 2.05) is 19.2 Å². The normalized spacial score (nSPS) is 21.2. The van der Waals surface area contributed by atoms with Gasteiger partial charge < -0.3 is 9.64 Å². The van der Waals surface area contributed by atoms with Crippen molar-refractivity contribution in [3.05, 3.63) is 16.1 Å². The van der Waals surface area contributed by atoms with E-state index in [1.165, 1.54) is 7.11 Å². The van der Waals surface area contributed by atoms with E-state index in [4.69, 9.17) is 4.74 Å². The van der Waals surface area contributed by atoms with E-state index in [0.717, 1.165) is 30.2 Å². The third kappa shape index (κ3) is 2.42. The summed E-state index contributed by atoms with van der Waals surface area (Å²) < 4.78 is 4.84. The van der Waals surface area contributed by atoms with E-state index in [-0.39, 0.29) is 5.97 Å². The molecule has 0 bridgehead atoms. The van der Waals surface area contributed by atoms with E-state index in [9.17, 15) is 4.79 Å². The van der Waals surface area contributed by atoms with Gasteiger partial charge in [-0.3, -0.25) is 4.79 Å². The molecule has 0 aromatic carbocycles. The van der Waals surface area contributed by atoms with Crippen molar-refractivity contribution in [2.24, 2.45) is 0 Å². The van der Waals surface area contributed by atoms with Crippen molar-refractivity contribution < 1.29 is 9.53 Å². The fraction of sp³-hybridized carbons (Fsp3) is 0.692. The number of methoxy groups -OCH3 is 1. The Morgan fingerprint density at radius 1 is 1.61 bits per heavy atom. The van der Waals surface area contributed by atoms with Crippen LogP contribution in [0.25, 0.3) is 0 Å². The highest BCUT2D eigenvalue weighted by molar-refractivity contribution is 7.09. The summed E-state index contributed by atoms with van der Waals surface area (Å²) in [5, 5.41) is 3.14. The Hall–Kier alpha value is -0.940. The number of likely N-dealkylation sites (N-methyl/N-ethyl adjacent to an activating group) is 1. The van der Waals surface area contributed by atoms with Crippen LogP contribution in [0.3, 0.4) is 0 Å². The molecule has 18 heavy (non-hydrogen) atoms. The molecule has 1 fully saturated rings. The van der Waals surface area contributed by atoms with Gasteiger partial charge in [0.1, 0.15) is 5.41 Å². The third-order valence-corrected chi connectivity index (χ3v) is 4.61. The molecule has 0 saturated carbocycles. The Bertz CT molecular complexity index is 442. The van der Waals surface area contributed by atoms with Crippen molar-refractivity contribution in [2.75, 3.05) is 27.2 Å². The molecule has 0 amide bonds. The van der Waals surface area contributed by atoms with Crippen molar-refractivity contribution in [1.82, 2.24) is 9.88 Å². The molecule has 1 aromatic rings. The number of ether oxygens (including phenoxy) is 1. The highest BCUT2D eigenvalue weighted by Gasteiger charge is 2.34. The Balaban J connectivity index is 2.17. The van der Waals surface area contributed by atoms with E-state index in [1.54, 1.807) is 11.3 Å². The summed E-state index contributed by atoms with van der Waals surface area (Å²) in [6.07, 6.45) is 1.15. The zero-order chi connectivity index (χ0) is 13.3. The second-order valence-corrected chi connectivity index (χ2v) is 6.33. The standard InChI is InChI=1S/C13H20N2O2S/c1-13(2,12(16)17-4)10-8-18-11(14-10)9-5-6-15(3)7-9/h8-9H,5-7H2,1-4H3. The molecule has 1 atom stereocenters. The Morgan fingerprint density at radius 3 is 2.89 bits per heavy atom. The van der Waals surface area contributed by atoms with Gasteiger partial charge in [-0.05, 0) is 33.9 Å². The van der Waals surface area contributed by atoms with Crippen molar-refractivity contribution in [3.63, 3.8) is 0 Å². The molecule has 1 aromatic heterocycles.